The predicted molar refractivity (Wildman–Crippen MR) is 54.5 cm³/mol. The minimum absolute atomic E-state index is 0.641. The molecular formula is C11H20N2+2. The van der Waals surface area contributed by atoms with Crippen molar-refractivity contribution in [1.82, 2.24) is 0 Å². The third kappa shape index (κ3) is 3.17. The highest BCUT2D eigenvalue weighted by Gasteiger charge is 2.14. The summed E-state index contributed by atoms with van der Waals surface area (Å²) in [6, 6.07) is 11.3. The Morgan fingerprint density at radius 2 is 1.85 bits per heavy atom. The molecule has 0 radical (unpaired) electrons. The van der Waals surface area contributed by atoms with Gasteiger partial charge in [0.1, 0.15) is 12.6 Å². The van der Waals surface area contributed by atoms with E-state index in [1.54, 1.807) is 0 Å². The Kier molecular flexibility index (Phi) is 3.93. The summed E-state index contributed by atoms with van der Waals surface area (Å²) in [4.78, 5) is 1.49. The van der Waals surface area contributed by atoms with E-state index in [1.807, 2.05) is 0 Å². The molecule has 1 atom stereocenters. The molecular weight excluding hydrogens is 160 g/mol. The molecule has 0 bridgehead atoms. The van der Waals surface area contributed by atoms with Crippen LogP contribution in [0.4, 0.5) is 0 Å². The van der Waals surface area contributed by atoms with E-state index < -0.39 is 0 Å². The molecule has 0 spiro atoms. The molecule has 2 heteroatoms. The Morgan fingerprint density at radius 1 is 1.23 bits per heavy atom. The van der Waals surface area contributed by atoms with E-state index >= 15 is 0 Å². The monoisotopic (exact) mass is 180 g/mol. The Balaban J connectivity index is 2.57. The fourth-order valence-corrected chi connectivity index (χ4v) is 1.49. The number of likely N-dealkylation sites (N-methyl/N-ethyl adjacent to an activating group) is 1. The molecule has 0 amide bonds. The van der Waals surface area contributed by atoms with Crippen molar-refractivity contribution in [3.8, 4) is 0 Å². The van der Waals surface area contributed by atoms with E-state index in [0.29, 0.717) is 6.04 Å². The van der Waals surface area contributed by atoms with Crippen molar-refractivity contribution in [3.05, 3.63) is 35.9 Å². The first kappa shape index (κ1) is 10.2. The van der Waals surface area contributed by atoms with Crippen LogP contribution in [0.25, 0.3) is 0 Å². The Hall–Kier alpha value is -0.860. The quantitative estimate of drug-likeness (QED) is 0.595. The number of hydrogen-bond acceptors (Lipinski definition) is 0. The smallest absolute Gasteiger partial charge is 0.140 e. The Bertz CT molecular complexity index is 231. The van der Waals surface area contributed by atoms with Gasteiger partial charge in [-0.05, 0) is 5.56 Å². The van der Waals surface area contributed by atoms with Crippen molar-refractivity contribution < 1.29 is 10.6 Å². The molecule has 1 aromatic rings. The van der Waals surface area contributed by atoms with Crippen molar-refractivity contribution in [2.75, 3.05) is 20.6 Å². The number of rotatable bonds is 4. The molecule has 2 nitrogen and oxygen atoms in total. The largest absolute Gasteiger partial charge is 0.353 e. The maximum atomic E-state index is 3.98. The van der Waals surface area contributed by atoms with E-state index in [-0.39, 0.29) is 0 Å². The van der Waals surface area contributed by atoms with Crippen LogP contribution >= 0.6 is 0 Å². The molecule has 0 fully saturated rings. The molecule has 72 valence electrons. The van der Waals surface area contributed by atoms with E-state index in [9.17, 15) is 0 Å². The molecule has 1 aromatic carbocycles. The molecule has 0 unspecified atom stereocenters. The summed E-state index contributed by atoms with van der Waals surface area (Å²) in [5.41, 5.74) is 5.40. The van der Waals surface area contributed by atoms with E-state index in [1.165, 1.54) is 10.5 Å². The lowest BCUT2D eigenvalue weighted by molar-refractivity contribution is -0.892. The van der Waals surface area contributed by atoms with Gasteiger partial charge in [0.05, 0.1) is 14.1 Å². The molecule has 0 aliphatic heterocycles. The summed E-state index contributed by atoms with van der Waals surface area (Å²) >= 11 is 0. The van der Waals surface area contributed by atoms with Gasteiger partial charge in [-0.1, -0.05) is 30.3 Å². The first-order chi connectivity index (χ1) is 6.24. The maximum Gasteiger partial charge on any atom is 0.140 e. The van der Waals surface area contributed by atoms with E-state index in [2.05, 4.69) is 50.2 Å². The van der Waals surface area contributed by atoms with Gasteiger partial charge in [0.25, 0.3) is 0 Å². The normalized spacial score (nSPS) is 13.2. The van der Waals surface area contributed by atoms with Gasteiger partial charge in [-0.15, -0.1) is 0 Å². The van der Waals surface area contributed by atoms with Crippen molar-refractivity contribution in [2.45, 2.75) is 12.5 Å². The second-order valence-electron chi connectivity index (χ2n) is 3.75. The summed E-state index contributed by atoms with van der Waals surface area (Å²) in [5, 5.41) is 0. The highest BCUT2D eigenvalue weighted by molar-refractivity contribution is 5.15. The molecule has 0 aromatic heterocycles. The van der Waals surface area contributed by atoms with Gasteiger partial charge in [0, 0.05) is 6.42 Å². The third-order valence-electron chi connectivity index (χ3n) is 2.49. The van der Waals surface area contributed by atoms with Crippen LogP contribution < -0.4 is 10.6 Å². The number of benzene rings is 1. The van der Waals surface area contributed by atoms with Crippen molar-refractivity contribution in [3.63, 3.8) is 0 Å². The van der Waals surface area contributed by atoms with Crippen molar-refractivity contribution >= 4 is 0 Å². The van der Waals surface area contributed by atoms with Crippen LogP contribution in [0.2, 0.25) is 0 Å². The molecule has 0 saturated carbocycles. The van der Waals surface area contributed by atoms with Gasteiger partial charge < -0.3 is 10.6 Å². The van der Waals surface area contributed by atoms with Crippen LogP contribution in [0, 0.1) is 0 Å². The number of hydrogen-bond donors (Lipinski definition) is 2. The van der Waals surface area contributed by atoms with Gasteiger partial charge in [0.15, 0.2) is 0 Å². The Morgan fingerprint density at radius 3 is 2.31 bits per heavy atom. The summed E-state index contributed by atoms with van der Waals surface area (Å²) in [7, 11) is 4.39. The predicted octanol–water partition coefficient (Wildman–Crippen LogP) is -1.02. The van der Waals surface area contributed by atoms with Crippen LogP contribution in [-0.2, 0) is 6.42 Å². The minimum atomic E-state index is 0.641. The first-order valence-corrected chi connectivity index (χ1v) is 4.87. The molecule has 0 heterocycles. The topological polar surface area (TPSA) is 32.1 Å². The molecule has 1 rings (SSSR count). The summed E-state index contributed by atoms with van der Waals surface area (Å²) in [6.07, 6.45) is 1.13. The number of nitrogens with one attached hydrogen (secondary N) is 1. The lowest BCUT2D eigenvalue weighted by Crippen LogP contribution is -3.12. The second-order valence-corrected chi connectivity index (χ2v) is 3.75. The van der Waals surface area contributed by atoms with Gasteiger partial charge in [-0.2, -0.15) is 0 Å². The summed E-state index contributed by atoms with van der Waals surface area (Å²) in [6.45, 7) is 0.997. The number of quaternary nitrogens is 2. The third-order valence-corrected chi connectivity index (χ3v) is 2.49. The highest BCUT2D eigenvalue weighted by Crippen LogP contribution is 2.00. The lowest BCUT2D eigenvalue weighted by Gasteiger charge is -2.17. The maximum absolute atomic E-state index is 3.98. The van der Waals surface area contributed by atoms with Crippen LogP contribution in [0.1, 0.15) is 5.56 Å². The molecule has 4 N–H and O–H groups in total. The zero-order valence-corrected chi connectivity index (χ0v) is 8.59. The zero-order chi connectivity index (χ0) is 9.68. The molecule has 0 saturated heterocycles. The average molecular weight is 180 g/mol. The van der Waals surface area contributed by atoms with Crippen LogP contribution in [-0.4, -0.2) is 26.7 Å². The van der Waals surface area contributed by atoms with Crippen molar-refractivity contribution in [2.24, 2.45) is 0 Å². The highest BCUT2D eigenvalue weighted by atomic mass is 15.1. The van der Waals surface area contributed by atoms with Gasteiger partial charge >= 0.3 is 0 Å². The summed E-state index contributed by atoms with van der Waals surface area (Å²) < 4.78 is 0. The first-order valence-electron chi connectivity index (χ1n) is 4.87. The molecule has 0 aliphatic carbocycles. The van der Waals surface area contributed by atoms with Crippen LogP contribution in [0.5, 0.6) is 0 Å². The van der Waals surface area contributed by atoms with E-state index in [4.69, 9.17) is 0 Å². The SMILES string of the molecule is C[NH+](C)[C@H](C[NH3+])Cc1ccccc1. The van der Waals surface area contributed by atoms with Gasteiger partial charge in [-0.25, -0.2) is 0 Å². The Labute approximate surface area is 80.4 Å². The van der Waals surface area contributed by atoms with E-state index in [0.717, 1.165) is 13.0 Å². The molecule has 13 heavy (non-hydrogen) atoms. The lowest BCUT2D eigenvalue weighted by atomic mass is 10.1. The van der Waals surface area contributed by atoms with Crippen LogP contribution in [0.15, 0.2) is 30.3 Å². The van der Waals surface area contributed by atoms with Gasteiger partial charge in [-0.3, -0.25) is 0 Å². The zero-order valence-electron chi connectivity index (χ0n) is 8.59. The second kappa shape index (κ2) is 5.00. The average Bonchev–Trinajstić information content (AvgIpc) is 2.15. The summed E-state index contributed by atoms with van der Waals surface area (Å²) in [5.74, 6) is 0. The molecule has 0 aliphatic rings. The van der Waals surface area contributed by atoms with Crippen LogP contribution in [0.3, 0.4) is 0 Å². The minimum Gasteiger partial charge on any atom is -0.353 e. The van der Waals surface area contributed by atoms with Gasteiger partial charge in [0.2, 0.25) is 0 Å². The fraction of sp³-hybridized carbons (Fsp3) is 0.455. The standard InChI is InChI=1S/C11H18N2/c1-13(2)11(9-12)8-10-6-4-3-5-7-10/h3-7,11H,8-9,12H2,1-2H3/p+2/t11-/m0/s1. The fourth-order valence-electron chi connectivity index (χ4n) is 1.49. The van der Waals surface area contributed by atoms with Crippen molar-refractivity contribution in [1.29, 1.82) is 0 Å².